The summed E-state index contributed by atoms with van der Waals surface area (Å²) in [6.45, 7) is 7.77. The third-order valence-electron chi connectivity index (χ3n) is 12.2. The van der Waals surface area contributed by atoms with E-state index < -0.39 is 71.7 Å². The Bertz CT molecular complexity index is 2140. The number of carbonyl (C=O) groups excluding carboxylic acids is 6. The fourth-order valence-corrected chi connectivity index (χ4v) is 8.29. The molecule has 0 radical (unpaired) electrons. The van der Waals surface area contributed by atoms with Crippen LogP contribution in [0.15, 0.2) is 66.7 Å². The number of amides is 6. The molecular weight excluding hydrogens is 807 g/mol. The number of nitrogens with one attached hydrogen (secondary N) is 3. The fourth-order valence-electron chi connectivity index (χ4n) is 8.29. The van der Waals surface area contributed by atoms with Gasteiger partial charge in [0.25, 0.3) is 0 Å². The van der Waals surface area contributed by atoms with Crippen LogP contribution >= 0.6 is 0 Å². The SMILES string of the molecule is COc1ccc(C[C@H]2C(=O)N[C@H](C)C(=O)N(C)[C@H]3Cc4cccc(c4)Oc4cc(ccc4OCCN4CCCCC4)C[C@@H](C(=O)N[C@H](C)C(=O)N[C@@H](C)C(=O)N2C)N(C)C3=O)cc1. The molecule has 6 atom stereocenters. The van der Waals surface area contributed by atoms with Crippen LogP contribution in [0, 0.1) is 0 Å². The minimum Gasteiger partial charge on any atom is -0.497 e. The molecule has 0 aromatic heterocycles. The zero-order valence-corrected chi connectivity index (χ0v) is 37.3. The molecular formula is C47H61N7O9. The summed E-state index contributed by atoms with van der Waals surface area (Å²) >= 11 is 0. The normalized spacial score (nSPS) is 24.7. The van der Waals surface area contributed by atoms with Crippen LogP contribution in [0.25, 0.3) is 0 Å². The molecule has 0 unspecified atom stereocenters. The lowest BCUT2D eigenvalue weighted by Gasteiger charge is -2.36. The number of rotatable bonds is 7. The Morgan fingerprint density at radius 1 is 0.651 bits per heavy atom. The number of hydrogen-bond donors (Lipinski definition) is 3. The maximum atomic E-state index is 14.9. The molecule has 2 saturated heterocycles. The summed E-state index contributed by atoms with van der Waals surface area (Å²) in [6, 6.07) is 12.8. The van der Waals surface area contributed by atoms with Crippen LogP contribution in [0.3, 0.4) is 0 Å². The highest BCUT2D eigenvalue weighted by atomic mass is 16.5. The lowest BCUT2D eigenvalue weighted by atomic mass is 9.99. The molecule has 6 bridgehead atoms. The minimum absolute atomic E-state index is 0.0104. The first-order valence-electron chi connectivity index (χ1n) is 21.7. The fraction of sp³-hybridized carbons (Fsp3) is 0.489. The number of nitrogens with zero attached hydrogens (tertiary/aromatic N) is 4. The predicted octanol–water partition coefficient (Wildman–Crippen LogP) is 2.70. The van der Waals surface area contributed by atoms with Gasteiger partial charge < -0.3 is 44.9 Å². The Kier molecular flexibility index (Phi) is 15.3. The highest BCUT2D eigenvalue weighted by Gasteiger charge is 2.39. The van der Waals surface area contributed by atoms with Crippen LogP contribution in [0.1, 0.15) is 56.7 Å². The van der Waals surface area contributed by atoms with Gasteiger partial charge in [-0.3, -0.25) is 33.7 Å². The molecule has 3 aliphatic heterocycles. The number of likely N-dealkylation sites (tertiary alicyclic amines) is 1. The zero-order valence-electron chi connectivity index (χ0n) is 37.3. The van der Waals surface area contributed by atoms with Crippen molar-refractivity contribution in [2.75, 3.05) is 54.5 Å². The lowest BCUT2D eigenvalue weighted by molar-refractivity contribution is -0.149. The smallest absolute Gasteiger partial charge is 0.246 e. The van der Waals surface area contributed by atoms with Crippen molar-refractivity contribution in [1.82, 2.24) is 35.6 Å². The monoisotopic (exact) mass is 867 g/mol. The van der Waals surface area contributed by atoms with Gasteiger partial charge in [-0.15, -0.1) is 0 Å². The highest BCUT2D eigenvalue weighted by Crippen LogP contribution is 2.34. The number of ether oxygens (including phenoxy) is 3. The number of likely N-dealkylation sites (N-methyl/N-ethyl adjacent to an activating group) is 3. The maximum absolute atomic E-state index is 14.9. The summed E-state index contributed by atoms with van der Waals surface area (Å²) in [7, 11) is 5.98. The van der Waals surface area contributed by atoms with E-state index in [-0.39, 0.29) is 19.3 Å². The van der Waals surface area contributed by atoms with Crippen LogP contribution < -0.4 is 30.2 Å². The predicted molar refractivity (Wildman–Crippen MR) is 235 cm³/mol. The summed E-state index contributed by atoms with van der Waals surface area (Å²) in [5.74, 6) is -1.53. The first kappa shape index (κ1) is 46.3. The van der Waals surface area contributed by atoms with Crippen LogP contribution in [0.5, 0.6) is 23.0 Å². The van der Waals surface area contributed by atoms with Gasteiger partial charge in [0.05, 0.1) is 7.11 Å². The molecule has 6 rings (SSSR count). The van der Waals surface area contributed by atoms with Gasteiger partial charge in [-0.05, 0) is 99.8 Å². The summed E-state index contributed by atoms with van der Waals surface area (Å²) in [5, 5.41) is 8.24. The van der Waals surface area contributed by atoms with Gasteiger partial charge in [-0.1, -0.05) is 36.8 Å². The van der Waals surface area contributed by atoms with Crippen molar-refractivity contribution in [1.29, 1.82) is 0 Å². The van der Waals surface area contributed by atoms with E-state index in [2.05, 4.69) is 20.9 Å². The summed E-state index contributed by atoms with van der Waals surface area (Å²) in [4.78, 5) is 91.6. The Morgan fingerprint density at radius 2 is 1.27 bits per heavy atom. The van der Waals surface area contributed by atoms with Gasteiger partial charge in [0.15, 0.2) is 11.5 Å². The second-order valence-electron chi connectivity index (χ2n) is 16.8. The van der Waals surface area contributed by atoms with E-state index in [1.807, 2.05) is 12.1 Å². The molecule has 0 spiro atoms. The molecule has 3 aliphatic rings. The minimum atomic E-state index is -1.17. The third kappa shape index (κ3) is 11.5. The Balaban J connectivity index is 1.37. The van der Waals surface area contributed by atoms with Gasteiger partial charge in [-0.25, -0.2) is 0 Å². The van der Waals surface area contributed by atoms with E-state index in [1.54, 1.807) is 54.6 Å². The first-order valence-corrected chi connectivity index (χ1v) is 21.7. The number of fused-ring (bicyclic) bond motifs is 7. The summed E-state index contributed by atoms with van der Waals surface area (Å²) < 4.78 is 18.1. The first-order chi connectivity index (χ1) is 30.1. The van der Waals surface area contributed by atoms with Crippen LogP contribution in [0.4, 0.5) is 0 Å². The number of carbonyl (C=O) groups is 6. The Hall–Kier alpha value is -6.16. The molecule has 0 saturated carbocycles. The van der Waals surface area contributed by atoms with Crippen molar-refractivity contribution in [3.05, 3.63) is 83.4 Å². The van der Waals surface area contributed by atoms with Gasteiger partial charge in [0.2, 0.25) is 35.4 Å². The molecule has 3 aromatic carbocycles. The van der Waals surface area contributed by atoms with Gasteiger partial charge in [-0.2, -0.15) is 0 Å². The van der Waals surface area contributed by atoms with E-state index in [4.69, 9.17) is 14.2 Å². The molecule has 2 fully saturated rings. The average Bonchev–Trinajstić information content (AvgIpc) is 3.28. The third-order valence-corrected chi connectivity index (χ3v) is 12.2. The van der Waals surface area contributed by atoms with E-state index in [1.165, 1.54) is 70.1 Å². The highest BCUT2D eigenvalue weighted by molar-refractivity contribution is 5.98. The van der Waals surface area contributed by atoms with Crippen LogP contribution in [-0.4, -0.2) is 146 Å². The van der Waals surface area contributed by atoms with Crippen molar-refractivity contribution in [3.63, 3.8) is 0 Å². The second-order valence-corrected chi connectivity index (χ2v) is 16.8. The van der Waals surface area contributed by atoms with E-state index in [9.17, 15) is 28.8 Å². The molecule has 3 aromatic rings. The zero-order chi connectivity index (χ0) is 45.4. The summed E-state index contributed by atoms with van der Waals surface area (Å²) in [5.41, 5.74) is 2.02. The van der Waals surface area contributed by atoms with Gasteiger partial charge in [0.1, 0.15) is 54.4 Å². The number of methoxy groups -OCH3 is 1. The van der Waals surface area contributed by atoms with E-state index >= 15 is 0 Å². The number of piperidine rings is 1. The van der Waals surface area contributed by atoms with E-state index in [0.29, 0.717) is 46.3 Å². The molecule has 63 heavy (non-hydrogen) atoms. The van der Waals surface area contributed by atoms with Gasteiger partial charge >= 0.3 is 0 Å². The molecule has 3 heterocycles. The number of benzene rings is 3. The molecule has 0 aliphatic carbocycles. The molecule has 16 nitrogen and oxygen atoms in total. The van der Waals surface area contributed by atoms with Crippen molar-refractivity contribution in [2.24, 2.45) is 0 Å². The average molecular weight is 868 g/mol. The van der Waals surface area contributed by atoms with Crippen molar-refractivity contribution < 1.29 is 43.0 Å². The van der Waals surface area contributed by atoms with Crippen molar-refractivity contribution in [3.8, 4) is 23.0 Å². The maximum Gasteiger partial charge on any atom is 0.246 e. The Labute approximate surface area is 369 Å². The molecule has 338 valence electrons. The van der Waals surface area contributed by atoms with E-state index in [0.717, 1.165) is 32.5 Å². The topological polar surface area (TPSA) is 179 Å². The largest absolute Gasteiger partial charge is 0.497 e. The quantitative estimate of drug-likeness (QED) is 0.320. The molecule has 6 amide bonds. The molecule has 16 heteroatoms. The Morgan fingerprint density at radius 3 is 1.97 bits per heavy atom. The summed E-state index contributed by atoms with van der Waals surface area (Å²) in [6.07, 6.45) is 3.68. The molecule has 3 N–H and O–H groups in total. The van der Waals surface area contributed by atoms with Gasteiger partial charge in [0, 0.05) is 47.0 Å². The number of hydrogen-bond acceptors (Lipinski definition) is 10. The second kappa shape index (κ2) is 20.8. The van der Waals surface area contributed by atoms with Crippen LogP contribution in [-0.2, 0) is 48.0 Å². The lowest BCUT2D eigenvalue weighted by Crippen LogP contribution is -2.61. The van der Waals surface area contributed by atoms with Crippen molar-refractivity contribution in [2.45, 2.75) is 95.5 Å². The standard InChI is InChI=1S/C47H61N7O9/c1-29-42(55)49-30(2)45(58)51(4)37(25-32-14-17-35(61-7)18-15-32)44(57)50-31(3)46(59)53(6)39-27-33-12-11-13-36(24-33)63-41-28-34(26-38(43(56)48-29)52(5)47(39)60)16-19-40(41)62-23-22-54-20-9-8-10-21-54/h11-19,24,28-31,37-39H,8-10,20-23,25-27H2,1-7H3,(H,48,56)(H,49,55)(H,50,57)/t29-,30+,31-,37+,38+,39+/m1/s1. The van der Waals surface area contributed by atoms with Crippen LogP contribution in [0.2, 0.25) is 0 Å². The van der Waals surface area contributed by atoms with Crippen molar-refractivity contribution >= 4 is 35.4 Å².